The average molecular weight is 360 g/mol. The van der Waals surface area contributed by atoms with Crippen molar-refractivity contribution in [1.82, 2.24) is 4.90 Å². The highest BCUT2D eigenvalue weighted by Crippen LogP contribution is 2.40. The van der Waals surface area contributed by atoms with E-state index in [2.05, 4.69) is 0 Å². The minimum Gasteiger partial charge on any atom is -0.497 e. The number of ether oxygens (including phenoxy) is 1. The molecule has 1 heterocycles. The van der Waals surface area contributed by atoms with Gasteiger partial charge in [0, 0.05) is 10.6 Å². The molecule has 0 aliphatic carbocycles. The van der Waals surface area contributed by atoms with Gasteiger partial charge in [-0.1, -0.05) is 35.9 Å². The molecular formula is C19H18ClNO4. The Morgan fingerprint density at radius 1 is 1.16 bits per heavy atom. The molecule has 0 radical (unpaired) electrons. The molecule has 1 aliphatic heterocycles. The van der Waals surface area contributed by atoms with Crippen LogP contribution < -0.4 is 4.74 Å². The Morgan fingerprint density at radius 2 is 1.92 bits per heavy atom. The van der Waals surface area contributed by atoms with E-state index in [0.29, 0.717) is 29.2 Å². The molecule has 1 saturated heterocycles. The Labute approximate surface area is 150 Å². The van der Waals surface area contributed by atoms with E-state index in [1.165, 1.54) is 12.0 Å². The lowest BCUT2D eigenvalue weighted by Crippen LogP contribution is -2.41. The van der Waals surface area contributed by atoms with Gasteiger partial charge in [-0.3, -0.25) is 4.79 Å². The molecule has 5 nitrogen and oxygen atoms in total. The fraction of sp³-hybridized carbons (Fsp3) is 0.263. The monoisotopic (exact) mass is 359 g/mol. The molecule has 1 amide bonds. The molecule has 1 aliphatic rings. The Hall–Kier alpha value is -2.53. The molecular weight excluding hydrogens is 342 g/mol. The lowest BCUT2D eigenvalue weighted by atomic mass is 10.0. The van der Waals surface area contributed by atoms with Crippen molar-refractivity contribution in [3.05, 3.63) is 64.7 Å². The summed E-state index contributed by atoms with van der Waals surface area (Å²) in [7, 11) is 1.52. The summed E-state index contributed by atoms with van der Waals surface area (Å²) in [6, 6.07) is 12.7. The average Bonchev–Trinajstić information content (AvgIpc) is 3.06. The third-order valence-corrected chi connectivity index (χ3v) is 4.83. The molecule has 0 saturated carbocycles. The molecule has 2 atom stereocenters. The topological polar surface area (TPSA) is 66.8 Å². The van der Waals surface area contributed by atoms with E-state index < -0.39 is 12.0 Å². The van der Waals surface area contributed by atoms with E-state index in [1.807, 2.05) is 18.2 Å². The molecule has 1 N–H and O–H groups in total. The van der Waals surface area contributed by atoms with Crippen LogP contribution in [0.1, 0.15) is 34.8 Å². The first-order valence-electron chi connectivity index (χ1n) is 7.97. The fourth-order valence-electron chi connectivity index (χ4n) is 3.29. The van der Waals surface area contributed by atoms with Crippen LogP contribution in [0.2, 0.25) is 5.02 Å². The summed E-state index contributed by atoms with van der Waals surface area (Å²) in [5.74, 6) is -0.800. The van der Waals surface area contributed by atoms with E-state index in [-0.39, 0.29) is 11.9 Å². The fourth-order valence-corrected chi connectivity index (χ4v) is 3.55. The van der Waals surface area contributed by atoms with Crippen LogP contribution in [0, 0.1) is 0 Å². The van der Waals surface area contributed by atoms with Crippen molar-refractivity contribution in [2.45, 2.75) is 24.9 Å². The summed E-state index contributed by atoms with van der Waals surface area (Å²) in [6.07, 6.45) is 0.942. The molecule has 0 bridgehead atoms. The lowest BCUT2D eigenvalue weighted by molar-refractivity contribution is -0.141. The second kappa shape index (κ2) is 7.15. The molecule has 25 heavy (non-hydrogen) atoms. The van der Waals surface area contributed by atoms with E-state index in [0.717, 1.165) is 5.56 Å². The van der Waals surface area contributed by atoms with Gasteiger partial charge in [0.25, 0.3) is 5.91 Å². The molecule has 0 unspecified atom stereocenters. The Kier molecular flexibility index (Phi) is 4.95. The van der Waals surface area contributed by atoms with Gasteiger partial charge in [-0.2, -0.15) is 0 Å². The van der Waals surface area contributed by atoms with E-state index in [9.17, 15) is 14.7 Å². The van der Waals surface area contributed by atoms with E-state index in [1.54, 1.807) is 30.3 Å². The summed E-state index contributed by atoms with van der Waals surface area (Å²) < 4.78 is 5.16. The number of halogens is 1. The van der Waals surface area contributed by atoms with Gasteiger partial charge >= 0.3 is 5.97 Å². The van der Waals surface area contributed by atoms with Gasteiger partial charge in [0.15, 0.2) is 0 Å². The molecule has 6 heteroatoms. The zero-order valence-electron chi connectivity index (χ0n) is 13.7. The zero-order chi connectivity index (χ0) is 18.0. The predicted molar refractivity (Wildman–Crippen MR) is 94.0 cm³/mol. The van der Waals surface area contributed by atoms with Crippen LogP contribution in [-0.4, -0.2) is 35.0 Å². The number of likely N-dealkylation sites (tertiary alicyclic amines) is 1. The third kappa shape index (κ3) is 3.33. The van der Waals surface area contributed by atoms with E-state index >= 15 is 0 Å². The van der Waals surface area contributed by atoms with Crippen molar-refractivity contribution in [2.24, 2.45) is 0 Å². The second-order valence-corrected chi connectivity index (χ2v) is 6.32. The normalized spacial score (nSPS) is 19.7. The number of amides is 1. The first-order chi connectivity index (χ1) is 12.0. The van der Waals surface area contributed by atoms with Crippen LogP contribution in [0.3, 0.4) is 0 Å². The molecule has 2 aromatic rings. The second-order valence-electron chi connectivity index (χ2n) is 5.91. The predicted octanol–water partition coefficient (Wildman–Crippen LogP) is 3.78. The third-order valence-electron chi connectivity index (χ3n) is 4.49. The molecule has 2 aromatic carbocycles. The van der Waals surface area contributed by atoms with Crippen molar-refractivity contribution >= 4 is 23.5 Å². The van der Waals surface area contributed by atoms with Crippen LogP contribution in [0.4, 0.5) is 0 Å². The van der Waals surface area contributed by atoms with Gasteiger partial charge in [0.05, 0.1) is 13.2 Å². The van der Waals surface area contributed by atoms with Crippen molar-refractivity contribution < 1.29 is 19.4 Å². The highest BCUT2D eigenvalue weighted by molar-refractivity contribution is 6.31. The number of aliphatic carboxylic acids is 1. The summed E-state index contributed by atoms with van der Waals surface area (Å²) in [5.41, 5.74) is 1.16. The minimum atomic E-state index is -1.01. The first-order valence-corrected chi connectivity index (χ1v) is 8.34. The summed E-state index contributed by atoms with van der Waals surface area (Å²) >= 11 is 6.29. The lowest BCUT2D eigenvalue weighted by Gasteiger charge is -2.29. The van der Waals surface area contributed by atoms with Crippen molar-refractivity contribution in [1.29, 1.82) is 0 Å². The Balaban J connectivity index is 2.01. The van der Waals surface area contributed by atoms with Gasteiger partial charge < -0.3 is 14.7 Å². The van der Waals surface area contributed by atoms with Crippen molar-refractivity contribution in [3.8, 4) is 5.75 Å². The maximum Gasteiger partial charge on any atom is 0.326 e. The maximum absolute atomic E-state index is 13.1. The van der Waals surface area contributed by atoms with Crippen molar-refractivity contribution in [2.75, 3.05) is 7.11 Å². The van der Waals surface area contributed by atoms with Crippen LogP contribution in [0.15, 0.2) is 48.5 Å². The molecule has 1 fully saturated rings. The quantitative estimate of drug-likeness (QED) is 0.902. The molecule has 0 spiro atoms. The smallest absolute Gasteiger partial charge is 0.326 e. The SMILES string of the molecule is COc1cccc(C(=O)N2[C@@H](C(=O)O)CC[C@H]2c2ccccc2Cl)c1. The summed E-state index contributed by atoms with van der Waals surface area (Å²) in [4.78, 5) is 26.2. The minimum absolute atomic E-state index is 0.339. The van der Waals surface area contributed by atoms with Gasteiger partial charge in [0.1, 0.15) is 11.8 Å². The van der Waals surface area contributed by atoms with Gasteiger partial charge in [-0.15, -0.1) is 0 Å². The largest absolute Gasteiger partial charge is 0.497 e. The molecule has 130 valence electrons. The molecule has 3 rings (SSSR count). The van der Waals surface area contributed by atoms with Crippen LogP contribution in [0.25, 0.3) is 0 Å². The number of methoxy groups -OCH3 is 1. The number of carboxylic acids is 1. The van der Waals surface area contributed by atoms with Crippen LogP contribution >= 0.6 is 11.6 Å². The number of hydrogen-bond acceptors (Lipinski definition) is 3. The van der Waals surface area contributed by atoms with Crippen molar-refractivity contribution in [3.63, 3.8) is 0 Å². The van der Waals surface area contributed by atoms with E-state index in [4.69, 9.17) is 16.3 Å². The standard InChI is InChI=1S/C19H18ClNO4/c1-25-13-6-4-5-12(11-13)18(22)21-16(9-10-17(21)19(23)24)14-7-2-3-8-15(14)20/h2-8,11,16-17H,9-10H2,1H3,(H,23,24)/t16-,17+/m0/s1. The first kappa shape index (κ1) is 17.3. The van der Waals surface area contributed by atoms with Gasteiger partial charge in [0.2, 0.25) is 0 Å². The Bertz CT molecular complexity index is 808. The Morgan fingerprint density at radius 3 is 2.60 bits per heavy atom. The number of carbonyl (C=O) groups is 2. The highest BCUT2D eigenvalue weighted by Gasteiger charge is 2.42. The number of nitrogens with zero attached hydrogens (tertiary/aromatic N) is 1. The summed E-state index contributed by atoms with van der Waals surface area (Å²) in [5, 5.41) is 10.1. The van der Waals surface area contributed by atoms with Gasteiger partial charge in [-0.05, 0) is 42.7 Å². The van der Waals surface area contributed by atoms with Crippen LogP contribution in [0.5, 0.6) is 5.75 Å². The number of carboxylic acid groups (broad SMARTS) is 1. The number of rotatable bonds is 4. The van der Waals surface area contributed by atoms with Crippen LogP contribution in [-0.2, 0) is 4.79 Å². The number of benzene rings is 2. The highest BCUT2D eigenvalue weighted by atomic mass is 35.5. The number of hydrogen-bond donors (Lipinski definition) is 1. The summed E-state index contributed by atoms with van der Waals surface area (Å²) in [6.45, 7) is 0. The van der Waals surface area contributed by atoms with Gasteiger partial charge in [-0.25, -0.2) is 4.79 Å². The molecule has 0 aromatic heterocycles. The zero-order valence-corrected chi connectivity index (χ0v) is 14.4. The number of carbonyl (C=O) groups excluding carboxylic acids is 1. The maximum atomic E-state index is 13.1.